The molecule has 0 heterocycles. The molecule has 0 saturated carbocycles. The van der Waals surface area contributed by atoms with E-state index in [9.17, 15) is 0 Å². The first-order valence-corrected chi connectivity index (χ1v) is 4.61. The first-order valence-electron chi connectivity index (χ1n) is 4.61. The van der Waals surface area contributed by atoms with Crippen molar-refractivity contribution in [3.05, 3.63) is 48.2 Å². The first kappa shape index (κ1) is 11.6. The molecule has 0 amide bonds. The van der Waals surface area contributed by atoms with Crippen LogP contribution in [0.25, 0.3) is 0 Å². The maximum Gasteiger partial charge on any atom is 0.164 e. The monoisotopic (exact) mass is 215 g/mol. The molecule has 0 aromatic heterocycles. The van der Waals surface area contributed by atoms with Crippen LogP contribution in [-0.4, -0.2) is 17.4 Å². The zero-order chi connectivity index (χ0) is 12.0. The Morgan fingerprint density at radius 1 is 1.12 bits per heavy atom. The van der Waals surface area contributed by atoms with Gasteiger partial charge in [-0.2, -0.15) is 0 Å². The molecule has 0 radical (unpaired) electrons. The Bertz CT molecular complexity index is 433. The molecule has 6 N–H and O–H groups in total. The van der Waals surface area contributed by atoms with Crippen LogP contribution in [0.1, 0.15) is 5.56 Å². The van der Waals surface area contributed by atoms with Crippen molar-refractivity contribution in [3.8, 4) is 0 Å². The van der Waals surface area contributed by atoms with E-state index in [1.54, 1.807) is 0 Å². The van der Waals surface area contributed by atoms with Gasteiger partial charge in [-0.3, -0.25) is 10.8 Å². The van der Waals surface area contributed by atoms with Gasteiger partial charge in [0.2, 0.25) is 0 Å². The van der Waals surface area contributed by atoms with Crippen LogP contribution in [0.2, 0.25) is 0 Å². The topological polar surface area (TPSA) is 110 Å². The summed E-state index contributed by atoms with van der Waals surface area (Å²) in [4.78, 5) is 0. The molecule has 5 nitrogen and oxygen atoms in total. The van der Waals surface area contributed by atoms with Crippen LogP contribution >= 0.6 is 0 Å². The molecule has 5 heteroatoms. The van der Waals surface area contributed by atoms with Crippen molar-refractivity contribution in [3.63, 3.8) is 0 Å². The fourth-order valence-electron chi connectivity index (χ4n) is 1.00. The van der Waals surface area contributed by atoms with E-state index in [-0.39, 0.29) is 11.7 Å². The molecule has 0 atom stereocenters. The van der Waals surface area contributed by atoms with Crippen LogP contribution in [0, 0.1) is 16.2 Å². The van der Waals surface area contributed by atoms with E-state index in [0.717, 1.165) is 5.56 Å². The van der Waals surface area contributed by atoms with Gasteiger partial charge in [0.25, 0.3) is 0 Å². The van der Waals surface area contributed by atoms with E-state index >= 15 is 0 Å². The highest BCUT2D eigenvalue weighted by Gasteiger charge is 1.97. The van der Waals surface area contributed by atoms with Gasteiger partial charge < -0.3 is 16.5 Å². The van der Waals surface area contributed by atoms with Gasteiger partial charge in [-0.15, -0.1) is 0 Å². The van der Waals surface area contributed by atoms with Gasteiger partial charge in [0.05, 0.1) is 5.71 Å². The predicted molar refractivity (Wildman–Crippen MR) is 65.2 cm³/mol. The first-order chi connectivity index (χ1) is 7.61. The lowest BCUT2D eigenvalue weighted by Gasteiger charge is -2.00. The van der Waals surface area contributed by atoms with E-state index in [2.05, 4.69) is 5.32 Å². The van der Waals surface area contributed by atoms with E-state index in [1.165, 1.54) is 12.3 Å². The molecule has 0 aliphatic rings. The summed E-state index contributed by atoms with van der Waals surface area (Å²) in [6.07, 6.45) is 2.92. The van der Waals surface area contributed by atoms with Gasteiger partial charge in [0.1, 0.15) is 0 Å². The number of benzene rings is 1. The van der Waals surface area contributed by atoms with E-state index in [1.807, 2.05) is 30.3 Å². The van der Waals surface area contributed by atoms with Gasteiger partial charge in [-0.1, -0.05) is 30.3 Å². The van der Waals surface area contributed by atoms with Crippen molar-refractivity contribution < 1.29 is 0 Å². The molecule has 1 aromatic carbocycles. The fraction of sp³-hybridized carbons (Fsp3) is 0. The highest BCUT2D eigenvalue weighted by atomic mass is 15.0. The lowest BCUT2D eigenvalue weighted by molar-refractivity contribution is 1.23. The SMILES string of the molecule is N=C(N)C(=N)N/C=C\C(=N)c1ccccc1. The smallest absolute Gasteiger partial charge is 0.164 e. The minimum Gasteiger partial charge on any atom is -0.381 e. The summed E-state index contributed by atoms with van der Waals surface area (Å²) in [5.41, 5.74) is 6.18. The minimum absolute atomic E-state index is 0.183. The third-order valence-corrected chi connectivity index (χ3v) is 1.83. The second kappa shape index (κ2) is 5.45. The zero-order valence-corrected chi connectivity index (χ0v) is 8.62. The molecule has 0 saturated heterocycles. The second-order valence-electron chi connectivity index (χ2n) is 3.05. The van der Waals surface area contributed by atoms with Crippen molar-refractivity contribution in [1.29, 1.82) is 16.2 Å². The van der Waals surface area contributed by atoms with Gasteiger partial charge in [-0.05, 0) is 11.6 Å². The third-order valence-electron chi connectivity index (χ3n) is 1.83. The second-order valence-corrected chi connectivity index (χ2v) is 3.05. The fourth-order valence-corrected chi connectivity index (χ4v) is 1.00. The zero-order valence-electron chi connectivity index (χ0n) is 8.62. The van der Waals surface area contributed by atoms with Crippen molar-refractivity contribution in [2.75, 3.05) is 0 Å². The number of rotatable bonds is 3. The molecule has 16 heavy (non-hydrogen) atoms. The summed E-state index contributed by atoms with van der Waals surface area (Å²) in [6, 6.07) is 9.22. The molecule has 0 bridgehead atoms. The van der Waals surface area contributed by atoms with Gasteiger partial charge >= 0.3 is 0 Å². The molecule has 1 aromatic rings. The number of nitrogens with one attached hydrogen (secondary N) is 4. The van der Waals surface area contributed by atoms with Crippen molar-refractivity contribution in [1.82, 2.24) is 5.32 Å². The van der Waals surface area contributed by atoms with E-state index in [0.29, 0.717) is 5.71 Å². The quantitative estimate of drug-likeness (QED) is 0.384. The van der Waals surface area contributed by atoms with Crippen molar-refractivity contribution >= 4 is 17.4 Å². The molecule has 0 fully saturated rings. The highest BCUT2D eigenvalue weighted by molar-refractivity contribution is 6.37. The Morgan fingerprint density at radius 3 is 2.31 bits per heavy atom. The maximum atomic E-state index is 7.70. The number of nitrogens with two attached hydrogens (primary N) is 1. The Kier molecular flexibility index (Phi) is 3.97. The number of hydrogen-bond donors (Lipinski definition) is 5. The highest BCUT2D eigenvalue weighted by Crippen LogP contribution is 1.99. The summed E-state index contributed by atoms with van der Waals surface area (Å²) in [5.74, 6) is -0.520. The summed E-state index contributed by atoms with van der Waals surface area (Å²) >= 11 is 0. The van der Waals surface area contributed by atoms with Gasteiger partial charge in [0, 0.05) is 6.20 Å². The third kappa shape index (κ3) is 3.38. The molecular formula is C11H13N5. The van der Waals surface area contributed by atoms with Crippen LogP contribution < -0.4 is 11.1 Å². The Balaban J connectivity index is 2.56. The number of allylic oxidation sites excluding steroid dienone is 1. The van der Waals surface area contributed by atoms with Crippen LogP contribution in [-0.2, 0) is 0 Å². The van der Waals surface area contributed by atoms with Crippen molar-refractivity contribution in [2.24, 2.45) is 5.73 Å². The molecule has 0 aliphatic carbocycles. The summed E-state index contributed by atoms with van der Waals surface area (Å²) < 4.78 is 0. The van der Waals surface area contributed by atoms with Gasteiger partial charge in [-0.25, -0.2) is 0 Å². The van der Waals surface area contributed by atoms with Crippen LogP contribution in [0.15, 0.2) is 42.6 Å². The molecular weight excluding hydrogens is 202 g/mol. The Hall–Kier alpha value is -2.43. The average molecular weight is 215 g/mol. The lowest BCUT2D eigenvalue weighted by Crippen LogP contribution is -2.31. The summed E-state index contributed by atoms with van der Waals surface area (Å²) in [7, 11) is 0. The molecule has 0 aliphatic heterocycles. The number of amidine groups is 2. The summed E-state index contributed by atoms with van der Waals surface area (Å²) in [5, 5.41) is 24.4. The van der Waals surface area contributed by atoms with Gasteiger partial charge in [0.15, 0.2) is 11.7 Å². The Labute approximate surface area is 93.5 Å². The normalized spacial score (nSPS) is 10.0. The molecule has 1 rings (SSSR count). The van der Waals surface area contributed by atoms with E-state index < -0.39 is 0 Å². The largest absolute Gasteiger partial charge is 0.381 e. The molecule has 0 unspecified atom stereocenters. The van der Waals surface area contributed by atoms with Crippen LogP contribution in [0.5, 0.6) is 0 Å². The standard InChI is InChI=1S/C11H13N5/c12-9(8-4-2-1-3-5-8)6-7-16-11(15)10(13)14/h1-7,12H,(H3,13,14)(H2,15,16)/b7-6-,12-9?. The lowest BCUT2D eigenvalue weighted by atomic mass is 10.1. The predicted octanol–water partition coefficient (Wildman–Crippen LogP) is 1.07. The molecule has 0 spiro atoms. The molecule has 82 valence electrons. The Morgan fingerprint density at radius 2 is 1.75 bits per heavy atom. The van der Waals surface area contributed by atoms with E-state index in [4.69, 9.17) is 22.0 Å². The number of hydrogen-bond acceptors (Lipinski definition) is 3. The van der Waals surface area contributed by atoms with Crippen molar-refractivity contribution in [2.45, 2.75) is 0 Å². The van der Waals surface area contributed by atoms with Crippen LogP contribution in [0.4, 0.5) is 0 Å². The van der Waals surface area contributed by atoms with Crippen LogP contribution in [0.3, 0.4) is 0 Å². The minimum atomic E-state index is -0.337. The summed E-state index contributed by atoms with van der Waals surface area (Å²) in [6.45, 7) is 0. The maximum absolute atomic E-state index is 7.70. The average Bonchev–Trinajstić information content (AvgIpc) is 2.29.